The van der Waals surface area contributed by atoms with Crippen LogP contribution >= 0.6 is 0 Å². The number of aromatic nitrogens is 3. The highest BCUT2D eigenvalue weighted by Gasteiger charge is 2.15. The van der Waals surface area contributed by atoms with Crippen molar-refractivity contribution < 1.29 is 4.79 Å². The highest BCUT2D eigenvalue weighted by atomic mass is 16.2. The van der Waals surface area contributed by atoms with Crippen molar-refractivity contribution in [3.63, 3.8) is 0 Å². The molecule has 1 heterocycles. The molecular weight excluding hydrogens is 278 g/mol. The molecule has 118 valence electrons. The summed E-state index contributed by atoms with van der Waals surface area (Å²) in [5, 5.41) is 8.02. The fourth-order valence-electron chi connectivity index (χ4n) is 2.04. The van der Waals surface area contributed by atoms with Crippen LogP contribution in [-0.2, 0) is 13.0 Å². The fourth-order valence-corrected chi connectivity index (χ4v) is 2.04. The quantitative estimate of drug-likeness (QED) is 0.770. The van der Waals surface area contributed by atoms with Crippen LogP contribution in [-0.4, -0.2) is 64.9 Å². The first-order chi connectivity index (χ1) is 10.6. The lowest BCUT2D eigenvalue weighted by atomic mass is 10.1. The van der Waals surface area contributed by atoms with Crippen LogP contribution in [0.15, 0.2) is 36.5 Å². The molecule has 1 amide bonds. The molecule has 2 aromatic rings. The number of nitrogens with zero attached hydrogens (tertiary/aromatic N) is 5. The maximum Gasteiger partial charge on any atom is 0.275 e. The monoisotopic (exact) mass is 301 g/mol. The zero-order valence-corrected chi connectivity index (χ0v) is 13.4. The van der Waals surface area contributed by atoms with Gasteiger partial charge in [0.2, 0.25) is 0 Å². The summed E-state index contributed by atoms with van der Waals surface area (Å²) in [6.45, 7) is 2.21. The summed E-state index contributed by atoms with van der Waals surface area (Å²) in [4.78, 5) is 16.0. The molecule has 2 rings (SSSR count). The molecule has 0 bridgehead atoms. The Balaban J connectivity index is 1.89. The van der Waals surface area contributed by atoms with Crippen molar-refractivity contribution in [2.75, 3.05) is 34.2 Å². The SMILES string of the molecule is CN(C)CCN(C)C(=O)c1cn(CCc2ccccc2)nn1. The highest BCUT2D eigenvalue weighted by Crippen LogP contribution is 2.03. The summed E-state index contributed by atoms with van der Waals surface area (Å²) in [6, 6.07) is 10.2. The van der Waals surface area contributed by atoms with Gasteiger partial charge in [-0.05, 0) is 26.1 Å². The zero-order valence-electron chi connectivity index (χ0n) is 13.4. The molecule has 0 atom stereocenters. The molecule has 1 aromatic heterocycles. The van der Waals surface area contributed by atoms with E-state index in [-0.39, 0.29) is 5.91 Å². The highest BCUT2D eigenvalue weighted by molar-refractivity contribution is 5.91. The van der Waals surface area contributed by atoms with Crippen LogP contribution in [0.3, 0.4) is 0 Å². The minimum Gasteiger partial charge on any atom is -0.339 e. The van der Waals surface area contributed by atoms with Crippen molar-refractivity contribution in [2.45, 2.75) is 13.0 Å². The Labute approximate surface area is 131 Å². The van der Waals surface area contributed by atoms with Crippen molar-refractivity contribution in [2.24, 2.45) is 0 Å². The average molecular weight is 301 g/mol. The van der Waals surface area contributed by atoms with Gasteiger partial charge in [0.1, 0.15) is 0 Å². The first-order valence-electron chi connectivity index (χ1n) is 7.40. The number of carbonyl (C=O) groups excluding carboxylic acids is 1. The molecule has 0 unspecified atom stereocenters. The van der Waals surface area contributed by atoms with Crippen molar-refractivity contribution in [1.29, 1.82) is 0 Å². The molecule has 0 saturated heterocycles. The Morgan fingerprint density at radius 2 is 1.86 bits per heavy atom. The second-order valence-electron chi connectivity index (χ2n) is 5.63. The number of hydrogen-bond acceptors (Lipinski definition) is 4. The molecule has 0 spiro atoms. The first kappa shape index (κ1) is 16.2. The Morgan fingerprint density at radius 1 is 1.14 bits per heavy atom. The van der Waals surface area contributed by atoms with E-state index in [0.717, 1.165) is 13.0 Å². The van der Waals surface area contributed by atoms with E-state index in [4.69, 9.17) is 0 Å². The number of benzene rings is 1. The molecule has 0 aliphatic carbocycles. The first-order valence-corrected chi connectivity index (χ1v) is 7.40. The normalized spacial score (nSPS) is 10.9. The summed E-state index contributed by atoms with van der Waals surface area (Å²) in [5.41, 5.74) is 1.64. The number of hydrogen-bond donors (Lipinski definition) is 0. The van der Waals surface area contributed by atoms with E-state index < -0.39 is 0 Å². The predicted molar refractivity (Wildman–Crippen MR) is 85.7 cm³/mol. The molecule has 0 fully saturated rings. The van der Waals surface area contributed by atoms with Gasteiger partial charge in [0, 0.05) is 26.7 Å². The van der Waals surface area contributed by atoms with Gasteiger partial charge in [-0.3, -0.25) is 9.48 Å². The largest absolute Gasteiger partial charge is 0.339 e. The van der Waals surface area contributed by atoms with Crippen molar-refractivity contribution >= 4 is 5.91 Å². The predicted octanol–water partition coefficient (Wildman–Crippen LogP) is 1.15. The summed E-state index contributed by atoms with van der Waals surface area (Å²) in [7, 11) is 5.76. The van der Waals surface area contributed by atoms with E-state index >= 15 is 0 Å². The minimum absolute atomic E-state index is 0.0900. The van der Waals surface area contributed by atoms with Gasteiger partial charge in [0.15, 0.2) is 5.69 Å². The molecule has 0 aliphatic rings. The lowest BCUT2D eigenvalue weighted by Gasteiger charge is -2.18. The topological polar surface area (TPSA) is 54.3 Å². The second-order valence-corrected chi connectivity index (χ2v) is 5.63. The van der Waals surface area contributed by atoms with E-state index in [0.29, 0.717) is 18.8 Å². The number of amides is 1. The van der Waals surface area contributed by atoms with Gasteiger partial charge < -0.3 is 9.80 Å². The van der Waals surface area contributed by atoms with Crippen molar-refractivity contribution in [3.05, 3.63) is 47.8 Å². The maximum absolute atomic E-state index is 12.2. The summed E-state index contributed by atoms with van der Waals surface area (Å²) in [5.74, 6) is -0.0900. The van der Waals surface area contributed by atoms with E-state index in [1.807, 2.05) is 37.2 Å². The Hall–Kier alpha value is -2.21. The lowest BCUT2D eigenvalue weighted by molar-refractivity contribution is 0.0780. The van der Waals surface area contributed by atoms with Gasteiger partial charge in [-0.15, -0.1) is 5.10 Å². The fraction of sp³-hybridized carbons (Fsp3) is 0.438. The molecule has 1 aromatic carbocycles. The summed E-state index contributed by atoms with van der Waals surface area (Å²) >= 11 is 0. The van der Waals surface area contributed by atoms with Crippen molar-refractivity contribution in [1.82, 2.24) is 24.8 Å². The van der Waals surface area contributed by atoms with Gasteiger partial charge in [-0.1, -0.05) is 35.5 Å². The van der Waals surface area contributed by atoms with Gasteiger partial charge in [-0.2, -0.15) is 0 Å². The Morgan fingerprint density at radius 3 is 2.55 bits per heavy atom. The zero-order chi connectivity index (χ0) is 15.9. The van der Waals surface area contributed by atoms with E-state index in [1.54, 1.807) is 22.8 Å². The molecule has 0 radical (unpaired) electrons. The molecule has 22 heavy (non-hydrogen) atoms. The lowest BCUT2D eigenvalue weighted by Crippen LogP contribution is -2.33. The van der Waals surface area contributed by atoms with Crippen molar-refractivity contribution in [3.8, 4) is 0 Å². The Kier molecular flexibility index (Phi) is 5.66. The third kappa shape index (κ3) is 4.66. The number of rotatable bonds is 7. The van der Waals surface area contributed by atoms with Crippen LogP contribution in [0.2, 0.25) is 0 Å². The smallest absolute Gasteiger partial charge is 0.275 e. The van der Waals surface area contributed by atoms with Gasteiger partial charge in [-0.25, -0.2) is 0 Å². The molecule has 0 N–H and O–H groups in total. The van der Waals surface area contributed by atoms with E-state index in [2.05, 4.69) is 22.4 Å². The van der Waals surface area contributed by atoms with Gasteiger partial charge in [0.05, 0.1) is 6.20 Å². The van der Waals surface area contributed by atoms with Crippen LogP contribution in [0.25, 0.3) is 0 Å². The molecule has 0 saturated carbocycles. The van der Waals surface area contributed by atoms with E-state index in [1.165, 1.54) is 5.56 Å². The second kappa shape index (κ2) is 7.70. The number of carbonyl (C=O) groups is 1. The van der Waals surface area contributed by atoms with Crippen LogP contribution in [0.1, 0.15) is 16.1 Å². The average Bonchev–Trinajstić information content (AvgIpc) is 2.99. The van der Waals surface area contributed by atoms with Gasteiger partial charge >= 0.3 is 0 Å². The van der Waals surface area contributed by atoms with Crippen LogP contribution in [0.4, 0.5) is 0 Å². The molecule has 6 heteroatoms. The minimum atomic E-state index is -0.0900. The number of aryl methyl sites for hydroxylation is 2. The van der Waals surface area contributed by atoms with E-state index in [9.17, 15) is 4.79 Å². The Bertz CT molecular complexity index is 594. The summed E-state index contributed by atoms with van der Waals surface area (Å²) in [6.07, 6.45) is 2.59. The number of likely N-dealkylation sites (N-methyl/N-ethyl adjacent to an activating group) is 2. The van der Waals surface area contributed by atoms with Crippen LogP contribution < -0.4 is 0 Å². The van der Waals surface area contributed by atoms with Gasteiger partial charge in [0.25, 0.3) is 5.91 Å². The third-order valence-corrected chi connectivity index (χ3v) is 3.46. The third-order valence-electron chi connectivity index (χ3n) is 3.46. The molecule has 6 nitrogen and oxygen atoms in total. The van der Waals surface area contributed by atoms with Crippen LogP contribution in [0.5, 0.6) is 0 Å². The van der Waals surface area contributed by atoms with Crippen LogP contribution in [0, 0.1) is 0 Å². The standard InChI is InChI=1S/C16H23N5O/c1-19(2)11-12-20(3)16(22)15-13-21(18-17-15)10-9-14-7-5-4-6-8-14/h4-8,13H,9-12H2,1-3H3. The summed E-state index contributed by atoms with van der Waals surface area (Å²) < 4.78 is 1.72. The molecule has 0 aliphatic heterocycles. The molecular formula is C16H23N5O. The maximum atomic E-state index is 12.2.